The average Bonchev–Trinajstić information content (AvgIpc) is 3.51. The number of hydrogen-bond donors (Lipinski definition) is 3. The average molecular weight is 614 g/mol. The van der Waals surface area contributed by atoms with Crippen LogP contribution < -0.4 is 0 Å². The molecule has 1 saturated heterocycles. The van der Waals surface area contributed by atoms with Crippen LogP contribution in [-0.2, 0) is 25.7 Å². The molecule has 2 heterocycles. The molecule has 1 aromatic carbocycles. The van der Waals surface area contributed by atoms with Crippen molar-refractivity contribution < 1.29 is 34.4 Å². The summed E-state index contributed by atoms with van der Waals surface area (Å²) < 4.78 is 15.7. The fourth-order valence-corrected chi connectivity index (χ4v) is 10.5. The molecule has 1 aromatic heterocycles. The van der Waals surface area contributed by atoms with Crippen LogP contribution in [0.3, 0.4) is 0 Å². The lowest BCUT2D eigenvalue weighted by Gasteiger charge is -2.59. The highest BCUT2D eigenvalue weighted by Crippen LogP contribution is 2.70. The van der Waals surface area contributed by atoms with Crippen LogP contribution in [0, 0.1) is 34.5 Å². The number of fused-ring (bicyclic) bond motifs is 7. The summed E-state index contributed by atoms with van der Waals surface area (Å²) in [6.07, 6.45) is 12.4. The van der Waals surface area contributed by atoms with Crippen LogP contribution in [0.1, 0.15) is 81.4 Å². The van der Waals surface area contributed by atoms with Gasteiger partial charge in [0, 0.05) is 34.7 Å². The molecular formula is C37H43NO7. The Bertz CT molecular complexity index is 1590. The number of aliphatic hydroxyl groups is 3. The number of aromatic nitrogens is 1. The van der Waals surface area contributed by atoms with Gasteiger partial charge in [-0.3, -0.25) is 9.59 Å². The molecule has 1 aliphatic heterocycles. The van der Waals surface area contributed by atoms with Crippen molar-refractivity contribution in [2.24, 2.45) is 34.5 Å². The van der Waals surface area contributed by atoms with Crippen LogP contribution in [0.25, 0.3) is 0 Å². The standard InChI is InChI=1S/C37H43NO7/c1-35-13-11-26(41)15-25(35)9-10-27-28-16-31-37(30(43)20-40,36(28,2)17-29(42)32(27)35)45-34(44-31)24-12-14-38(18-24)33(23-7-8-23)22-5-3-21(19-39)4-6-22/h3-6,11-15,18,23,27-29,31-34,39-40,42H,7-10,16-17,19-20H2,1-2H3/t27-,28-,29-,31+,32+,33-,34+,35-,36-,37+/m0/s1. The molecule has 4 saturated carbocycles. The van der Waals surface area contributed by atoms with Crippen molar-refractivity contribution in [1.82, 2.24) is 4.57 Å². The maximum atomic E-state index is 13.9. The summed E-state index contributed by atoms with van der Waals surface area (Å²) in [7, 11) is 0. The Morgan fingerprint density at radius 2 is 1.89 bits per heavy atom. The highest BCUT2D eigenvalue weighted by molar-refractivity contribution is 6.01. The van der Waals surface area contributed by atoms with Crippen LogP contribution in [0.2, 0.25) is 0 Å². The molecule has 45 heavy (non-hydrogen) atoms. The number of carbonyl (C=O) groups is 2. The minimum absolute atomic E-state index is 0.00341. The second-order valence-electron chi connectivity index (χ2n) is 14.9. The second kappa shape index (κ2) is 10.3. The Kier molecular flexibility index (Phi) is 6.76. The number of ketones is 2. The van der Waals surface area contributed by atoms with Gasteiger partial charge >= 0.3 is 0 Å². The highest BCUT2D eigenvalue weighted by Gasteiger charge is 2.76. The van der Waals surface area contributed by atoms with Crippen molar-refractivity contribution in [3.05, 3.63) is 83.2 Å². The van der Waals surface area contributed by atoms with Gasteiger partial charge in [0.2, 0.25) is 0 Å². The van der Waals surface area contributed by atoms with Gasteiger partial charge in [0.05, 0.1) is 24.9 Å². The minimum Gasteiger partial charge on any atom is -0.393 e. The fraction of sp³-hybridized carbons (Fsp3) is 0.568. The number of aliphatic hydroxyl groups excluding tert-OH is 3. The van der Waals surface area contributed by atoms with Crippen LogP contribution in [0.5, 0.6) is 0 Å². The van der Waals surface area contributed by atoms with Gasteiger partial charge in [-0.05, 0) is 85.6 Å². The molecule has 0 radical (unpaired) electrons. The number of benzene rings is 1. The van der Waals surface area contributed by atoms with E-state index in [2.05, 4.69) is 42.9 Å². The van der Waals surface area contributed by atoms with Crippen molar-refractivity contribution in [2.45, 2.75) is 89.1 Å². The zero-order valence-electron chi connectivity index (χ0n) is 26.0. The first-order chi connectivity index (χ1) is 21.6. The number of carbonyl (C=O) groups excluding carboxylic acids is 2. The molecule has 0 bridgehead atoms. The quantitative estimate of drug-likeness (QED) is 0.418. The lowest BCUT2D eigenvalue weighted by atomic mass is 9.46. The summed E-state index contributed by atoms with van der Waals surface area (Å²) >= 11 is 0. The Hall–Kier alpha value is -2.88. The topological polar surface area (TPSA) is 118 Å². The monoisotopic (exact) mass is 613 g/mol. The molecule has 5 aliphatic carbocycles. The van der Waals surface area contributed by atoms with Gasteiger partial charge < -0.3 is 29.4 Å². The third kappa shape index (κ3) is 4.15. The molecule has 2 aromatic rings. The Morgan fingerprint density at radius 1 is 1.11 bits per heavy atom. The smallest absolute Gasteiger partial charge is 0.193 e. The van der Waals surface area contributed by atoms with Crippen molar-refractivity contribution in [3.63, 3.8) is 0 Å². The van der Waals surface area contributed by atoms with Gasteiger partial charge in [-0.15, -0.1) is 0 Å². The van der Waals surface area contributed by atoms with Crippen LogP contribution in [0.4, 0.5) is 0 Å². The van der Waals surface area contributed by atoms with Crippen LogP contribution in [-0.4, -0.2) is 55.9 Å². The Balaban J connectivity index is 1.10. The molecule has 0 spiro atoms. The maximum absolute atomic E-state index is 13.9. The van der Waals surface area contributed by atoms with E-state index in [1.165, 1.54) is 5.56 Å². The van der Waals surface area contributed by atoms with Gasteiger partial charge in [-0.25, -0.2) is 0 Å². The zero-order valence-corrected chi connectivity index (χ0v) is 26.0. The Morgan fingerprint density at radius 3 is 2.60 bits per heavy atom. The van der Waals surface area contributed by atoms with Crippen molar-refractivity contribution >= 4 is 11.6 Å². The number of allylic oxidation sites excluding steroid dienone is 4. The van der Waals surface area contributed by atoms with Crippen molar-refractivity contribution in [3.8, 4) is 0 Å². The SMILES string of the molecule is C[C@]12C=CC(=O)C=C1CC[C@@H]1[C@@H]2[C@@H](O)C[C@@]2(C)[C@H]1C[C@H]1O[C@@H](c3ccn([C@@H](c4ccc(CO)cc4)C4CC4)c3)O[C@]12C(=O)CO. The van der Waals surface area contributed by atoms with E-state index < -0.39 is 41.5 Å². The summed E-state index contributed by atoms with van der Waals surface area (Å²) in [5.74, 6) is 0.256. The Labute approximate surface area is 263 Å². The summed E-state index contributed by atoms with van der Waals surface area (Å²) in [5, 5.41) is 31.7. The lowest BCUT2D eigenvalue weighted by molar-refractivity contribution is -0.201. The molecule has 8 rings (SSSR count). The van der Waals surface area contributed by atoms with E-state index in [0.717, 1.165) is 42.4 Å². The number of ether oxygens (including phenoxy) is 2. The molecule has 3 N–H and O–H groups in total. The van der Waals surface area contributed by atoms with E-state index in [1.807, 2.05) is 24.3 Å². The van der Waals surface area contributed by atoms with Gasteiger partial charge in [-0.1, -0.05) is 49.8 Å². The van der Waals surface area contributed by atoms with Gasteiger partial charge in [0.25, 0.3) is 0 Å². The first-order valence-corrected chi connectivity index (χ1v) is 16.6. The van der Waals surface area contributed by atoms with Gasteiger partial charge in [-0.2, -0.15) is 0 Å². The number of hydrogen-bond acceptors (Lipinski definition) is 7. The predicted molar refractivity (Wildman–Crippen MR) is 165 cm³/mol. The molecule has 10 atom stereocenters. The zero-order chi connectivity index (χ0) is 31.3. The van der Waals surface area contributed by atoms with Crippen molar-refractivity contribution in [1.29, 1.82) is 0 Å². The first-order valence-electron chi connectivity index (χ1n) is 16.6. The summed E-state index contributed by atoms with van der Waals surface area (Å²) in [6, 6.07) is 10.3. The third-order valence-corrected chi connectivity index (χ3v) is 12.7. The highest BCUT2D eigenvalue weighted by atomic mass is 16.7. The van der Waals surface area contributed by atoms with Gasteiger partial charge in [0.1, 0.15) is 6.61 Å². The summed E-state index contributed by atoms with van der Waals surface area (Å²) in [6.45, 7) is 3.57. The van der Waals surface area contributed by atoms with E-state index in [9.17, 15) is 24.9 Å². The summed E-state index contributed by atoms with van der Waals surface area (Å²) in [4.78, 5) is 26.1. The second-order valence-corrected chi connectivity index (χ2v) is 14.9. The van der Waals surface area contributed by atoms with Crippen LogP contribution in [0.15, 0.2) is 66.5 Å². The molecule has 0 unspecified atom stereocenters. The molecular weight excluding hydrogens is 570 g/mol. The molecule has 5 fully saturated rings. The molecule has 8 nitrogen and oxygen atoms in total. The van der Waals surface area contributed by atoms with E-state index in [4.69, 9.17) is 9.47 Å². The summed E-state index contributed by atoms with van der Waals surface area (Å²) in [5.41, 5.74) is 1.49. The number of nitrogens with zero attached hydrogens (tertiary/aromatic N) is 1. The van der Waals surface area contributed by atoms with Crippen LogP contribution >= 0.6 is 0 Å². The first kappa shape index (κ1) is 29.5. The maximum Gasteiger partial charge on any atom is 0.193 e. The number of Topliss-reactive ketones (excluding diaryl/α,β-unsaturated/α-hetero) is 1. The lowest BCUT2D eigenvalue weighted by Crippen LogP contribution is -2.63. The molecule has 238 valence electrons. The van der Waals surface area contributed by atoms with Gasteiger partial charge in [0.15, 0.2) is 23.5 Å². The predicted octanol–water partition coefficient (Wildman–Crippen LogP) is 4.58. The van der Waals surface area contributed by atoms with E-state index >= 15 is 0 Å². The molecule has 6 aliphatic rings. The largest absolute Gasteiger partial charge is 0.393 e. The molecule has 0 amide bonds. The van der Waals surface area contributed by atoms with Crippen molar-refractivity contribution in [2.75, 3.05) is 6.61 Å². The fourth-order valence-electron chi connectivity index (χ4n) is 10.5. The van der Waals surface area contributed by atoms with E-state index in [-0.39, 0.29) is 42.0 Å². The minimum atomic E-state index is -1.36. The normalized spacial score (nSPS) is 40.7. The van der Waals surface area contributed by atoms with E-state index in [0.29, 0.717) is 18.8 Å². The van der Waals surface area contributed by atoms with E-state index in [1.54, 1.807) is 12.2 Å². The molecule has 8 heteroatoms. The number of rotatable bonds is 7. The third-order valence-electron chi connectivity index (χ3n) is 12.7.